The molecule has 8 heteroatoms. The first kappa shape index (κ1) is 10.7. The van der Waals surface area contributed by atoms with Gasteiger partial charge in [-0.15, -0.1) is 0 Å². The summed E-state index contributed by atoms with van der Waals surface area (Å²) >= 11 is 0. The van der Waals surface area contributed by atoms with Gasteiger partial charge in [0.15, 0.2) is 5.69 Å². The molecule has 0 N–H and O–H groups in total. The minimum absolute atomic E-state index is 0.146. The van der Waals surface area contributed by atoms with Gasteiger partial charge in [0.05, 0.1) is 0 Å². The fourth-order valence-electron chi connectivity index (χ4n) is 0.786. The molecule has 0 unspecified atom stereocenters. The minimum Gasteiger partial charge on any atom is -0.244 e. The van der Waals surface area contributed by atoms with Crippen molar-refractivity contribution in [1.29, 1.82) is 5.26 Å². The maximum absolute atomic E-state index is 12.2. The Morgan fingerprint density at radius 2 is 1.79 bits per heavy atom. The zero-order chi connectivity index (χ0) is 11.1. The Balaban J connectivity index is 3.60. The summed E-state index contributed by atoms with van der Waals surface area (Å²) in [7, 11) is -9.79. The van der Waals surface area contributed by atoms with Crippen LogP contribution < -0.4 is 0 Å². The molecule has 0 spiro atoms. The van der Waals surface area contributed by atoms with E-state index in [0.717, 1.165) is 12.3 Å². The molecule has 2 nitrogen and oxygen atoms in total. The van der Waals surface area contributed by atoms with Crippen LogP contribution in [0.25, 0.3) is 0 Å². The summed E-state index contributed by atoms with van der Waals surface area (Å²) in [6, 6.07) is 1.82. The molecule has 0 saturated carbocycles. The molecule has 1 rings (SSSR count). The van der Waals surface area contributed by atoms with Crippen LogP contribution in [0.2, 0.25) is 0 Å². The molecule has 1 heterocycles. The van der Waals surface area contributed by atoms with Crippen LogP contribution >= 0.6 is 10.2 Å². The van der Waals surface area contributed by atoms with Crippen molar-refractivity contribution in [3.05, 3.63) is 24.0 Å². The summed E-state index contributed by atoms with van der Waals surface area (Å²) in [4.78, 5) is 0.682. The van der Waals surface area contributed by atoms with Crippen LogP contribution in [0.5, 0.6) is 0 Å². The molecule has 0 aliphatic carbocycles. The van der Waals surface area contributed by atoms with Crippen LogP contribution in [-0.4, -0.2) is 4.98 Å². The molecule has 1 aromatic heterocycles. The highest BCUT2D eigenvalue weighted by Crippen LogP contribution is 3.02. The molecule has 0 saturated heterocycles. The number of nitriles is 1. The van der Waals surface area contributed by atoms with Crippen molar-refractivity contribution < 1.29 is 19.4 Å². The predicted molar refractivity (Wildman–Crippen MR) is 40.3 cm³/mol. The fraction of sp³-hybridized carbons (Fsp3) is 0. The van der Waals surface area contributed by atoms with Crippen molar-refractivity contribution in [3.63, 3.8) is 0 Å². The van der Waals surface area contributed by atoms with Gasteiger partial charge in [-0.05, 0) is 12.1 Å². The predicted octanol–water partition coefficient (Wildman–Crippen LogP) is 3.61. The van der Waals surface area contributed by atoms with E-state index in [4.69, 9.17) is 5.26 Å². The minimum atomic E-state index is -9.79. The van der Waals surface area contributed by atoms with E-state index in [0.29, 0.717) is 6.07 Å². The Kier molecular flexibility index (Phi) is 1.66. The zero-order valence-corrected chi connectivity index (χ0v) is 7.24. The van der Waals surface area contributed by atoms with E-state index in [2.05, 4.69) is 4.98 Å². The number of rotatable bonds is 1. The van der Waals surface area contributed by atoms with E-state index in [1.165, 1.54) is 0 Å². The molecule has 0 amide bonds. The van der Waals surface area contributed by atoms with Crippen molar-refractivity contribution >= 4 is 10.2 Å². The molecule has 14 heavy (non-hydrogen) atoms. The highest BCUT2D eigenvalue weighted by atomic mass is 32.5. The van der Waals surface area contributed by atoms with Crippen molar-refractivity contribution in [1.82, 2.24) is 4.98 Å². The van der Waals surface area contributed by atoms with Gasteiger partial charge in [0, 0.05) is 6.20 Å². The van der Waals surface area contributed by atoms with Crippen LogP contribution in [0.15, 0.2) is 23.2 Å². The van der Waals surface area contributed by atoms with Crippen molar-refractivity contribution in [2.75, 3.05) is 0 Å². The Morgan fingerprint density at radius 1 is 1.21 bits per heavy atom. The second-order valence-corrected chi connectivity index (χ2v) is 4.81. The van der Waals surface area contributed by atoms with E-state index in [9.17, 15) is 19.4 Å². The summed E-state index contributed by atoms with van der Waals surface area (Å²) in [5.41, 5.74) is -1.31. The normalized spacial score (nSPS) is 16.6. The van der Waals surface area contributed by atoms with E-state index in [1.54, 1.807) is 0 Å². The molecule has 0 bridgehead atoms. The Labute approximate surface area is 75.7 Å². The van der Waals surface area contributed by atoms with Gasteiger partial charge in [0.25, 0.3) is 0 Å². The Bertz CT molecular complexity index is 417. The third-order valence-corrected chi connectivity index (χ3v) is 2.45. The maximum atomic E-state index is 12.2. The van der Waals surface area contributed by atoms with E-state index in [-0.39, 0.29) is 6.07 Å². The highest BCUT2D eigenvalue weighted by Gasteiger charge is 2.67. The molecular weight excluding hydrogens is 227 g/mol. The molecule has 0 aliphatic rings. The van der Waals surface area contributed by atoms with Crippen molar-refractivity contribution in [2.45, 2.75) is 4.90 Å². The lowest BCUT2D eigenvalue weighted by atomic mass is 10.4. The third-order valence-electron chi connectivity index (χ3n) is 1.29. The lowest BCUT2D eigenvalue weighted by molar-refractivity contribution is 0.363. The van der Waals surface area contributed by atoms with Gasteiger partial charge in [-0.1, -0.05) is 19.4 Å². The summed E-state index contributed by atoms with van der Waals surface area (Å²) < 4.78 is 61.0. The lowest BCUT2D eigenvalue weighted by Gasteiger charge is -2.40. The monoisotopic (exact) mass is 230 g/mol. The number of aromatic nitrogens is 1. The summed E-state index contributed by atoms with van der Waals surface area (Å²) in [6.07, 6.45) is 0.839. The van der Waals surface area contributed by atoms with Gasteiger partial charge in [-0.25, -0.2) is 4.98 Å². The lowest BCUT2D eigenvalue weighted by Crippen LogP contribution is -2.09. The number of nitrogens with zero attached hydrogens (tertiary/aromatic N) is 2. The number of halogens is 5. The molecule has 0 atom stereocenters. The molecule has 78 valence electrons. The third kappa shape index (κ3) is 2.11. The number of pyridine rings is 1. The van der Waals surface area contributed by atoms with Crippen molar-refractivity contribution in [3.8, 4) is 6.07 Å². The molecule has 1 aromatic rings. The summed E-state index contributed by atoms with van der Waals surface area (Å²) in [5, 5.41) is 8.18. The molecule has 0 aliphatic heterocycles. The van der Waals surface area contributed by atoms with Gasteiger partial charge >= 0.3 is 10.2 Å². The standard InChI is InChI=1S/C6H3F5N2S/c7-14(8,9,10,11)6-2-1-3-13-5(6)4-12/h1-3H. The summed E-state index contributed by atoms with van der Waals surface area (Å²) in [5.74, 6) is 0. The first-order valence-corrected chi connectivity index (χ1v) is 5.09. The molecule has 0 radical (unpaired) electrons. The second kappa shape index (κ2) is 2.17. The highest BCUT2D eigenvalue weighted by molar-refractivity contribution is 8.45. The Hall–Kier alpha value is -1.36. The second-order valence-electron chi connectivity index (χ2n) is 2.43. The van der Waals surface area contributed by atoms with Crippen molar-refractivity contribution in [2.24, 2.45) is 0 Å². The van der Waals surface area contributed by atoms with E-state index in [1.807, 2.05) is 0 Å². The first-order chi connectivity index (χ1) is 6.04. The van der Waals surface area contributed by atoms with Gasteiger partial charge in [0.2, 0.25) is 0 Å². The molecule has 0 aromatic carbocycles. The van der Waals surface area contributed by atoms with Gasteiger partial charge in [-0.3, -0.25) is 0 Å². The molecular formula is C6H3F5N2S. The largest absolute Gasteiger partial charge is 0.313 e. The SMILES string of the molecule is N#Cc1ncccc1S(F)(F)(F)(F)F. The van der Waals surface area contributed by atoms with E-state index >= 15 is 0 Å². The van der Waals surface area contributed by atoms with Gasteiger partial charge < -0.3 is 0 Å². The molecule has 0 fully saturated rings. The average molecular weight is 230 g/mol. The maximum Gasteiger partial charge on any atom is 0.313 e. The fourth-order valence-corrected chi connectivity index (χ4v) is 1.59. The average Bonchev–Trinajstić information content (AvgIpc) is 2.00. The Morgan fingerprint density at radius 3 is 2.14 bits per heavy atom. The zero-order valence-electron chi connectivity index (χ0n) is 6.42. The van der Waals surface area contributed by atoms with Crippen LogP contribution in [0.3, 0.4) is 0 Å². The van der Waals surface area contributed by atoms with Crippen LogP contribution in [-0.2, 0) is 0 Å². The van der Waals surface area contributed by atoms with Gasteiger partial charge in [-0.2, -0.15) is 5.26 Å². The number of hydrogen-bond donors (Lipinski definition) is 0. The summed E-state index contributed by atoms with van der Waals surface area (Å²) in [6.45, 7) is 0. The quantitative estimate of drug-likeness (QED) is 0.691. The topological polar surface area (TPSA) is 36.7 Å². The van der Waals surface area contributed by atoms with Crippen LogP contribution in [0.4, 0.5) is 19.4 Å². The van der Waals surface area contributed by atoms with Gasteiger partial charge in [0.1, 0.15) is 11.0 Å². The van der Waals surface area contributed by atoms with Crippen LogP contribution in [0, 0.1) is 11.3 Å². The van der Waals surface area contributed by atoms with Crippen LogP contribution in [0.1, 0.15) is 5.69 Å². The smallest absolute Gasteiger partial charge is 0.244 e. The first-order valence-electron chi connectivity index (χ1n) is 3.14. The number of hydrogen-bond acceptors (Lipinski definition) is 2. The van der Waals surface area contributed by atoms with E-state index < -0.39 is 20.8 Å².